The van der Waals surface area contributed by atoms with Crippen LogP contribution in [0.2, 0.25) is 5.02 Å². The van der Waals surface area contributed by atoms with Crippen LogP contribution in [-0.4, -0.2) is 15.6 Å². The van der Waals surface area contributed by atoms with Crippen molar-refractivity contribution >= 4 is 40.1 Å². The minimum Gasteiger partial charge on any atom is -0.353 e. The van der Waals surface area contributed by atoms with E-state index in [1.54, 1.807) is 0 Å². The number of benzene rings is 1. The molecule has 5 heteroatoms. The van der Waals surface area contributed by atoms with Gasteiger partial charge < -0.3 is 5.32 Å². The van der Waals surface area contributed by atoms with Crippen molar-refractivity contribution in [1.82, 2.24) is 9.55 Å². The number of anilines is 1. The zero-order chi connectivity index (χ0) is 13.9. The number of aromatic nitrogens is 2. The predicted octanol–water partition coefficient (Wildman–Crippen LogP) is 4.87. The van der Waals surface area contributed by atoms with Gasteiger partial charge in [-0.25, -0.2) is 4.98 Å². The SMILES string of the molecule is Clc1cc(I)ccc1-n1ccnc1NC1CCCCC1. The van der Waals surface area contributed by atoms with E-state index in [1.165, 1.54) is 32.1 Å². The highest BCUT2D eigenvalue weighted by Crippen LogP contribution is 2.27. The molecule has 1 aliphatic rings. The molecule has 3 rings (SSSR count). The van der Waals surface area contributed by atoms with Crippen molar-refractivity contribution in [2.24, 2.45) is 0 Å². The molecule has 1 saturated carbocycles. The first-order valence-corrected chi connectivity index (χ1v) is 8.45. The van der Waals surface area contributed by atoms with E-state index in [2.05, 4.69) is 39.0 Å². The monoisotopic (exact) mass is 401 g/mol. The van der Waals surface area contributed by atoms with Gasteiger partial charge in [0.15, 0.2) is 0 Å². The maximum atomic E-state index is 6.35. The third-order valence-corrected chi connectivity index (χ3v) is 4.72. The summed E-state index contributed by atoms with van der Waals surface area (Å²) < 4.78 is 3.17. The zero-order valence-corrected chi connectivity index (χ0v) is 14.1. The summed E-state index contributed by atoms with van der Waals surface area (Å²) in [5.74, 6) is 0.889. The molecule has 0 spiro atoms. The molecule has 1 heterocycles. The van der Waals surface area contributed by atoms with Crippen molar-refractivity contribution in [2.45, 2.75) is 38.1 Å². The number of nitrogens with one attached hydrogen (secondary N) is 1. The van der Waals surface area contributed by atoms with E-state index in [1.807, 2.05) is 29.1 Å². The quantitative estimate of drug-likeness (QED) is 0.743. The van der Waals surface area contributed by atoms with Crippen LogP contribution in [-0.2, 0) is 0 Å². The molecule has 2 aromatic rings. The molecule has 1 aromatic heterocycles. The van der Waals surface area contributed by atoms with Crippen LogP contribution in [0.1, 0.15) is 32.1 Å². The summed E-state index contributed by atoms with van der Waals surface area (Å²) in [4.78, 5) is 4.44. The maximum Gasteiger partial charge on any atom is 0.207 e. The lowest BCUT2D eigenvalue weighted by Crippen LogP contribution is -2.24. The van der Waals surface area contributed by atoms with Gasteiger partial charge in [0.25, 0.3) is 0 Å². The molecule has 0 radical (unpaired) electrons. The number of halogens is 2. The fourth-order valence-corrected chi connectivity index (χ4v) is 3.66. The van der Waals surface area contributed by atoms with Crippen molar-refractivity contribution in [3.63, 3.8) is 0 Å². The number of imidazole rings is 1. The van der Waals surface area contributed by atoms with Crippen LogP contribution in [0.5, 0.6) is 0 Å². The van der Waals surface area contributed by atoms with Gasteiger partial charge >= 0.3 is 0 Å². The van der Waals surface area contributed by atoms with Gasteiger partial charge in [-0.05, 0) is 53.6 Å². The standard InChI is InChI=1S/C15H17ClIN3/c16-13-10-11(17)6-7-14(13)20-9-8-18-15(20)19-12-4-2-1-3-5-12/h6-10,12H,1-5H2,(H,18,19). The molecular formula is C15H17ClIN3. The number of nitrogens with zero attached hydrogens (tertiary/aromatic N) is 2. The topological polar surface area (TPSA) is 29.9 Å². The molecular weight excluding hydrogens is 385 g/mol. The van der Waals surface area contributed by atoms with Gasteiger partial charge in [-0.2, -0.15) is 0 Å². The van der Waals surface area contributed by atoms with Crippen LogP contribution in [0.3, 0.4) is 0 Å². The third-order valence-electron chi connectivity index (χ3n) is 3.75. The summed E-state index contributed by atoms with van der Waals surface area (Å²) in [6, 6.07) is 6.61. The Hall–Kier alpha value is -0.750. The molecule has 1 N–H and O–H groups in total. The van der Waals surface area contributed by atoms with Gasteiger partial charge in [-0.3, -0.25) is 4.57 Å². The van der Waals surface area contributed by atoms with E-state index >= 15 is 0 Å². The summed E-state index contributed by atoms with van der Waals surface area (Å²) in [5.41, 5.74) is 0.975. The molecule has 20 heavy (non-hydrogen) atoms. The van der Waals surface area contributed by atoms with Gasteiger partial charge in [0.1, 0.15) is 0 Å². The maximum absolute atomic E-state index is 6.35. The van der Waals surface area contributed by atoms with Gasteiger partial charge in [0.2, 0.25) is 5.95 Å². The van der Waals surface area contributed by atoms with Crippen LogP contribution < -0.4 is 5.32 Å². The normalized spacial score (nSPS) is 16.3. The Balaban J connectivity index is 1.85. The van der Waals surface area contributed by atoms with Crippen LogP contribution in [0.15, 0.2) is 30.6 Å². The van der Waals surface area contributed by atoms with Crippen molar-refractivity contribution in [1.29, 1.82) is 0 Å². The number of hydrogen-bond donors (Lipinski definition) is 1. The Morgan fingerprint density at radius 3 is 2.80 bits per heavy atom. The second-order valence-corrected chi connectivity index (χ2v) is 6.85. The zero-order valence-electron chi connectivity index (χ0n) is 11.1. The second kappa shape index (κ2) is 6.35. The molecule has 0 bridgehead atoms. The predicted molar refractivity (Wildman–Crippen MR) is 91.8 cm³/mol. The van der Waals surface area contributed by atoms with Crippen LogP contribution >= 0.6 is 34.2 Å². The van der Waals surface area contributed by atoms with Crippen molar-refractivity contribution < 1.29 is 0 Å². The highest BCUT2D eigenvalue weighted by Gasteiger charge is 2.16. The largest absolute Gasteiger partial charge is 0.353 e. The first-order chi connectivity index (χ1) is 9.74. The Kier molecular flexibility index (Phi) is 4.51. The molecule has 1 aromatic carbocycles. The highest BCUT2D eigenvalue weighted by atomic mass is 127. The fraction of sp³-hybridized carbons (Fsp3) is 0.400. The lowest BCUT2D eigenvalue weighted by Gasteiger charge is -2.23. The molecule has 3 nitrogen and oxygen atoms in total. The number of rotatable bonds is 3. The second-order valence-electron chi connectivity index (χ2n) is 5.20. The minimum atomic E-state index is 0.535. The van der Waals surface area contributed by atoms with E-state index in [9.17, 15) is 0 Å². The van der Waals surface area contributed by atoms with Gasteiger partial charge in [0.05, 0.1) is 10.7 Å². The van der Waals surface area contributed by atoms with Crippen LogP contribution in [0.4, 0.5) is 5.95 Å². The fourth-order valence-electron chi connectivity index (χ4n) is 2.71. The third kappa shape index (κ3) is 3.11. The van der Waals surface area contributed by atoms with E-state index < -0.39 is 0 Å². The van der Waals surface area contributed by atoms with Gasteiger partial charge in [0, 0.05) is 22.0 Å². The lowest BCUT2D eigenvalue weighted by molar-refractivity contribution is 0.460. The first kappa shape index (κ1) is 14.2. The first-order valence-electron chi connectivity index (χ1n) is 6.99. The summed E-state index contributed by atoms with van der Waals surface area (Å²) in [6.45, 7) is 0. The van der Waals surface area contributed by atoms with Crippen LogP contribution in [0, 0.1) is 3.57 Å². The molecule has 0 saturated heterocycles. The Morgan fingerprint density at radius 2 is 2.05 bits per heavy atom. The average molecular weight is 402 g/mol. The molecule has 0 unspecified atom stereocenters. The van der Waals surface area contributed by atoms with Crippen molar-refractivity contribution in [2.75, 3.05) is 5.32 Å². The molecule has 106 valence electrons. The lowest BCUT2D eigenvalue weighted by atomic mass is 9.96. The highest BCUT2D eigenvalue weighted by molar-refractivity contribution is 14.1. The summed E-state index contributed by atoms with van der Waals surface area (Å²) in [7, 11) is 0. The Bertz CT molecular complexity index is 591. The summed E-state index contributed by atoms with van der Waals surface area (Å²) in [5, 5.41) is 4.31. The van der Waals surface area contributed by atoms with E-state index in [0.29, 0.717) is 6.04 Å². The van der Waals surface area contributed by atoms with Crippen molar-refractivity contribution in [3.8, 4) is 5.69 Å². The average Bonchev–Trinajstić information content (AvgIpc) is 2.88. The van der Waals surface area contributed by atoms with Gasteiger partial charge in [-0.15, -0.1) is 0 Å². The molecule has 0 atom stereocenters. The van der Waals surface area contributed by atoms with E-state index in [4.69, 9.17) is 11.6 Å². The smallest absolute Gasteiger partial charge is 0.207 e. The Labute approximate surface area is 137 Å². The molecule has 0 aliphatic heterocycles. The Morgan fingerprint density at radius 1 is 1.25 bits per heavy atom. The number of hydrogen-bond acceptors (Lipinski definition) is 2. The molecule has 1 aliphatic carbocycles. The van der Waals surface area contributed by atoms with E-state index in [-0.39, 0.29) is 0 Å². The summed E-state index contributed by atoms with van der Waals surface area (Å²) >= 11 is 8.62. The summed E-state index contributed by atoms with van der Waals surface area (Å²) in [6.07, 6.45) is 10.2. The molecule has 0 amide bonds. The minimum absolute atomic E-state index is 0.535. The molecule has 1 fully saturated rings. The van der Waals surface area contributed by atoms with E-state index in [0.717, 1.165) is 20.2 Å². The van der Waals surface area contributed by atoms with Gasteiger partial charge in [-0.1, -0.05) is 30.9 Å². The van der Waals surface area contributed by atoms with Crippen LogP contribution in [0.25, 0.3) is 5.69 Å². The van der Waals surface area contributed by atoms with Crippen molar-refractivity contribution in [3.05, 3.63) is 39.2 Å².